The summed E-state index contributed by atoms with van der Waals surface area (Å²) in [4.78, 5) is 8.56. The van der Waals surface area contributed by atoms with Crippen molar-refractivity contribution in [2.45, 2.75) is 0 Å². The summed E-state index contributed by atoms with van der Waals surface area (Å²) in [7, 11) is 1.78. The Kier molecular flexibility index (Phi) is 2.94. The van der Waals surface area contributed by atoms with E-state index in [1.54, 1.807) is 37.5 Å². The van der Waals surface area contributed by atoms with Crippen molar-refractivity contribution >= 4 is 11.5 Å². The Balaban J connectivity index is 2.05. The summed E-state index contributed by atoms with van der Waals surface area (Å²) in [6.07, 6.45) is 5.31. The maximum Gasteiger partial charge on any atom is 0.265 e. The van der Waals surface area contributed by atoms with E-state index in [0.717, 1.165) is 0 Å². The molecular weight excluding hydrogens is 254 g/mol. The lowest BCUT2D eigenvalue weighted by molar-refractivity contribution is 0.465. The van der Waals surface area contributed by atoms with Crippen LogP contribution in [0.2, 0.25) is 0 Å². The van der Waals surface area contributed by atoms with Crippen LogP contribution in [0.15, 0.2) is 42.9 Å². The third-order valence-corrected chi connectivity index (χ3v) is 2.78. The van der Waals surface area contributed by atoms with Crippen molar-refractivity contribution in [2.75, 3.05) is 12.4 Å². The quantitative estimate of drug-likeness (QED) is 0.787. The number of nitrogens with zero attached hydrogens (tertiary/aromatic N) is 4. The number of nitrogens with one attached hydrogen (secondary N) is 1. The largest absolute Gasteiger partial charge is 0.436 e. The Hall–Kier alpha value is -3.07. The van der Waals surface area contributed by atoms with Gasteiger partial charge in [-0.2, -0.15) is 10.2 Å². The molecule has 0 saturated heterocycles. The first kappa shape index (κ1) is 12.0. The molecule has 20 heavy (non-hydrogen) atoms. The van der Waals surface area contributed by atoms with E-state index in [-0.39, 0.29) is 0 Å². The maximum atomic E-state index is 8.90. The smallest absolute Gasteiger partial charge is 0.265 e. The second-order valence-electron chi connectivity index (χ2n) is 4.08. The molecule has 0 aliphatic heterocycles. The van der Waals surface area contributed by atoms with Crippen LogP contribution in [0.4, 0.5) is 5.82 Å². The summed E-state index contributed by atoms with van der Waals surface area (Å²) in [5.41, 5.74) is 1.15. The highest BCUT2D eigenvalue weighted by Crippen LogP contribution is 2.25. The number of hydrogen-bond acceptors (Lipinski definition) is 5. The molecule has 3 aromatic rings. The summed E-state index contributed by atoms with van der Waals surface area (Å²) in [5, 5.41) is 11.9. The van der Waals surface area contributed by atoms with Gasteiger partial charge in [0.2, 0.25) is 5.65 Å². The molecule has 0 atom stereocenters. The second kappa shape index (κ2) is 4.90. The van der Waals surface area contributed by atoms with Crippen molar-refractivity contribution in [3.8, 4) is 17.7 Å². The fraction of sp³-hybridized carbons (Fsp3) is 0.0714. The summed E-state index contributed by atoms with van der Waals surface area (Å²) in [6, 6.07) is 8.99. The minimum atomic E-state index is 0.386. The molecule has 0 aliphatic rings. The first-order valence-corrected chi connectivity index (χ1v) is 5.99. The van der Waals surface area contributed by atoms with Crippen LogP contribution in [0.5, 0.6) is 11.6 Å². The lowest BCUT2D eigenvalue weighted by Gasteiger charge is -2.08. The molecule has 0 fully saturated rings. The number of ether oxygens (including phenoxy) is 1. The molecule has 98 valence electrons. The van der Waals surface area contributed by atoms with Crippen LogP contribution < -0.4 is 10.1 Å². The number of rotatable bonds is 3. The molecule has 0 bridgehead atoms. The number of anilines is 1. The molecule has 0 radical (unpaired) electrons. The van der Waals surface area contributed by atoms with E-state index in [2.05, 4.69) is 21.4 Å². The zero-order valence-corrected chi connectivity index (χ0v) is 10.7. The van der Waals surface area contributed by atoms with Gasteiger partial charge >= 0.3 is 0 Å². The first-order chi connectivity index (χ1) is 9.80. The zero-order valence-electron chi connectivity index (χ0n) is 10.7. The average Bonchev–Trinajstić information content (AvgIpc) is 2.96. The minimum Gasteiger partial charge on any atom is -0.436 e. The van der Waals surface area contributed by atoms with Gasteiger partial charge in [0.1, 0.15) is 11.6 Å². The van der Waals surface area contributed by atoms with Crippen LogP contribution in [-0.4, -0.2) is 21.4 Å². The van der Waals surface area contributed by atoms with Crippen molar-refractivity contribution < 1.29 is 4.74 Å². The Morgan fingerprint density at radius 3 is 3.10 bits per heavy atom. The molecule has 6 nitrogen and oxygen atoms in total. The van der Waals surface area contributed by atoms with Crippen LogP contribution in [0, 0.1) is 11.3 Å². The highest BCUT2D eigenvalue weighted by atomic mass is 16.5. The lowest BCUT2D eigenvalue weighted by atomic mass is 10.2. The number of aromatic nitrogens is 3. The Labute approximate surface area is 115 Å². The predicted molar refractivity (Wildman–Crippen MR) is 73.8 cm³/mol. The van der Waals surface area contributed by atoms with Crippen molar-refractivity contribution in [2.24, 2.45) is 0 Å². The highest BCUT2D eigenvalue weighted by molar-refractivity contribution is 5.55. The molecule has 0 saturated carbocycles. The van der Waals surface area contributed by atoms with Gasteiger partial charge in [0, 0.05) is 19.4 Å². The summed E-state index contributed by atoms with van der Waals surface area (Å²) < 4.78 is 7.57. The van der Waals surface area contributed by atoms with Gasteiger partial charge in [-0.3, -0.25) is 4.40 Å². The number of fused-ring (bicyclic) bond motifs is 1. The van der Waals surface area contributed by atoms with E-state index in [4.69, 9.17) is 10.00 Å². The van der Waals surface area contributed by atoms with Crippen LogP contribution >= 0.6 is 0 Å². The number of hydrogen-bond donors (Lipinski definition) is 1. The van der Waals surface area contributed by atoms with Gasteiger partial charge in [-0.05, 0) is 18.2 Å². The zero-order chi connectivity index (χ0) is 13.9. The SMILES string of the molecule is CNc1cn2ccnc2c(Oc2cccc(C#N)c2)n1. The molecule has 6 heteroatoms. The van der Waals surface area contributed by atoms with E-state index < -0.39 is 0 Å². The van der Waals surface area contributed by atoms with Gasteiger partial charge in [-0.25, -0.2) is 4.98 Å². The molecule has 2 heterocycles. The fourth-order valence-corrected chi connectivity index (χ4v) is 1.83. The fourth-order valence-electron chi connectivity index (χ4n) is 1.83. The third-order valence-electron chi connectivity index (χ3n) is 2.78. The summed E-state index contributed by atoms with van der Waals surface area (Å²) >= 11 is 0. The monoisotopic (exact) mass is 265 g/mol. The topological polar surface area (TPSA) is 75.2 Å². The van der Waals surface area contributed by atoms with Gasteiger partial charge in [0.05, 0.1) is 17.8 Å². The van der Waals surface area contributed by atoms with Crippen LogP contribution in [0.25, 0.3) is 5.65 Å². The van der Waals surface area contributed by atoms with Crippen LogP contribution in [-0.2, 0) is 0 Å². The van der Waals surface area contributed by atoms with Gasteiger partial charge in [0.15, 0.2) is 0 Å². The molecule has 1 aromatic carbocycles. The van der Waals surface area contributed by atoms with Crippen LogP contribution in [0.3, 0.4) is 0 Å². The first-order valence-electron chi connectivity index (χ1n) is 5.99. The van der Waals surface area contributed by atoms with Crippen molar-refractivity contribution in [1.29, 1.82) is 5.26 Å². The van der Waals surface area contributed by atoms with E-state index in [9.17, 15) is 0 Å². The Morgan fingerprint density at radius 2 is 2.30 bits per heavy atom. The molecular formula is C14H11N5O. The van der Waals surface area contributed by atoms with Crippen molar-refractivity contribution in [3.63, 3.8) is 0 Å². The Bertz CT molecular complexity index is 803. The normalized spacial score (nSPS) is 10.2. The van der Waals surface area contributed by atoms with Crippen LogP contribution in [0.1, 0.15) is 5.56 Å². The molecule has 2 aromatic heterocycles. The summed E-state index contributed by atoms with van der Waals surface area (Å²) in [6.45, 7) is 0. The molecule has 1 N–H and O–H groups in total. The molecule has 0 unspecified atom stereocenters. The standard InChI is InChI=1S/C14H11N5O/c1-16-12-9-19-6-5-17-13(19)14(18-12)20-11-4-2-3-10(7-11)8-15/h2-7,9,16H,1H3. The number of nitriles is 1. The third kappa shape index (κ3) is 2.12. The van der Waals surface area contributed by atoms with E-state index >= 15 is 0 Å². The van der Waals surface area contributed by atoms with Crippen molar-refractivity contribution in [3.05, 3.63) is 48.4 Å². The predicted octanol–water partition coefficient (Wildman–Crippen LogP) is 2.43. The minimum absolute atomic E-state index is 0.386. The molecule has 0 amide bonds. The number of imidazole rings is 1. The van der Waals surface area contributed by atoms with E-state index in [0.29, 0.717) is 28.7 Å². The number of benzene rings is 1. The van der Waals surface area contributed by atoms with E-state index in [1.807, 2.05) is 16.8 Å². The maximum absolute atomic E-state index is 8.90. The Morgan fingerprint density at radius 1 is 1.40 bits per heavy atom. The average molecular weight is 265 g/mol. The molecule has 3 rings (SSSR count). The molecule has 0 spiro atoms. The van der Waals surface area contributed by atoms with Gasteiger partial charge in [-0.1, -0.05) is 6.07 Å². The summed E-state index contributed by atoms with van der Waals surface area (Å²) in [5.74, 6) is 1.61. The van der Waals surface area contributed by atoms with Crippen molar-refractivity contribution in [1.82, 2.24) is 14.4 Å². The highest BCUT2D eigenvalue weighted by Gasteiger charge is 2.09. The molecule has 0 aliphatic carbocycles. The second-order valence-corrected chi connectivity index (χ2v) is 4.08. The lowest BCUT2D eigenvalue weighted by Crippen LogP contribution is -1.99. The van der Waals surface area contributed by atoms with Gasteiger partial charge in [0.25, 0.3) is 5.88 Å². The van der Waals surface area contributed by atoms with E-state index in [1.165, 1.54) is 0 Å². The van der Waals surface area contributed by atoms with Gasteiger partial charge in [-0.15, -0.1) is 0 Å². The van der Waals surface area contributed by atoms with Gasteiger partial charge < -0.3 is 10.1 Å².